The van der Waals surface area contributed by atoms with Crippen LogP contribution < -0.4 is 15.4 Å². The molecule has 8 heteroatoms. The maximum absolute atomic E-state index is 8.57. The molecule has 0 aliphatic carbocycles. The van der Waals surface area contributed by atoms with E-state index in [1.54, 1.807) is 7.05 Å². The Kier molecular flexibility index (Phi) is 6.83. The van der Waals surface area contributed by atoms with E-state index in [2.05, 4.69) is 25.6 Å². The summed E-state index contributed by atoms with van der Waals surface area (Å²) in [7, 11) is 1.72. The Morgan fingerprint density at radius 2 is 1.89 bits per heavy atom. The first-order valence-corrected chi connectivity index (χ1v) is 6.18. The molecule has 1 heterocycles. The Bertz CT molecular complexity index is 375. The predicted molar refractivity (Wildman–Crippen MR) is 71.5 cm³/mol. The number of ether oxygens (including phenoxy) is 2. The molecule has 0 fully saturated rings. The Hall–Kier alpha value is -1.67. The van der Waals surface area contributed by atoms with Crippen LogP contribution in [0.1, 0.15) is 13.8 Å². The van der Waals surface area contributed by atoms with Gasteiger partial charge in [-0.3, -0.25) is 0 Å². The SMILES string of the molecule is CNc1nc(NCCOCCO)nc(OC(C)C)n1. The average Bonchev–Trinajstić information content (AvgIpc) is 2.37. The first-order valence-electron chi connectivity index (χ1n) is 6.18. The number of aliphatic hydroxyl groups excluding tert-OH is 1. The van der Waals surface area contributed by atoms with Crippen molar-refractivity contribution in [3.8, 4) is 6.01 Å². The van der Waals surface area contributed by atoms with Crippen molar-refractivity contribution < 1.29 is 14.6 Å². The second-order valence-electron chi connectivity index (χ2n) is 3.94. The van der Waals surface area contributed by atoms with Crippen molar-refractivity contribution >= 4 is 11.9 Å². The highest BCUT2D eigenvalue weighted by molar-refractivity contribution is 5.35. The van der Waals surface area contributed by atoms with Crippen LogP contribution in [0.5, 0.6) is 6.01 Å². The number of aromatic nitrogens is 3. The molecule has 0 bridgehead atoms. The van der Waals surface area contributed by atoms with Gasteiger partial charge in [-0.1, -0.05) is 0 Å². The normalized spacial score (nSPS) is 10.6. The zero-order valence-corrected chi connectivity index (χ0v) is 11.5. The van der Waals surface area contributed by atoms with E-state index in [0.29, 0.717) is 31.7 Å². The van der Waals surface area contributed by atoms with Crippen molar-refractivity contribution in [2.24, 2.45) is 0 Å². The summed E-state index contributed by atoms with van der Waals surface area (Å²) in [5, 5.41) is 14.4. The zero-order chi connectivity index (χ0) is 14.1. The lowest BCUT2D eigenvalue weighted by atomic mass is 10.5. The van der Waals surface area contributed by atoms with Gasteiger partial charge < -0.3 is 25.2 Å². The fourth-order valence-electron chi connectivity index (χ4n) is 1.21. The van der Waals surface area contributed by atoms with Crippen molar-refractivity contribution in [3.05, 3.63) is 0 Å². The molecule has 0 saturated heterocycles. The number of rotatable bonds is 9. The van der Waals surface area contributed by atoms with Gasteiger partial charge in [-0.15, -0.1) is 0 Å². The molecule has 0 aromatic carbocycles. The van der Waals surface area contributed by atoms with Gasteiger partial charge in [0.25, 0.3) is 0 Å². The van der Waals surface area contributed by atoms with Gasteiger partial charge in [-0.05, 0) is 13.8 Å². The Morgan fingerprint density at radius 1 is 1.16 bits per heavy atom. The number of nitrogens with zero attached hydrogens (tertiary/aromatic N) is 3. The molecule has 0 atom stereocenters. The number of aliphatic hydroxyl groups is 1. The van der Waals surface area contributed by atoms with E-state index in [1.807, 2.05) is 13.8 Å². The number of anilines is 2. The monoisotopic (exact) mass is 271 g/mol. The maximum atomic E-state index is 8.57. The third-order valence-electron chi connectivity index (χ3n) is 1.94. The van der Waals surface area contributed by atoms with Crippen LogP contribution in [-0.4, -0.2) is 59.6 Å². The molecule has 19 heavy (non-hydrogen) atoms. The molecule has 0 aliphatic heterocycles. The lowest BCUT2D eigenvalue weighted by Crippen LogP contribution is -2.16. The van der Waals surface area contributed by atoms with Gasteiger partial charge in [0.05, 0.1) is 25.9 Å². The number of hydrogen-bond acceptors (Lipinski definition) is 8. The molecule has 8 nitrogen and oxygen atoms in total. The van der Waals surface area contributed by atoms with E-state index in [0.717, 1.165) is 0 Å². The van der Waals surface area contributed by atoms with Crippen LogP contribution in [0.15, 0.2) is 0 Å². The summed E-state index contributed by atoms with van der Waals surface area (Å²) in [6.45, 7) is 5.14. The van der Waals surface area contributed by atoms with Crippen molar-refractivity contribution in [1.29, 1.82) is 0 Å². The van der Waals surface area contributed by atoms with Crippen molar-refractivity contribution in [2.45, 2.75) is 20.0 Å². The second-order valence-corrected chi connectivity index (χ2v) is 3.94. The topological polar surface area (TPSA) is 101 Å². The molecule has 0 spiro atoms. The standard InChI is InChI=1S/C11H21N5O3/c1-8(2)19-11-15-9(12-3)14-10(16-11)13-4-6-18-7-5-17/h8,17H,4-7H2,1-3H3,(H2,12,13,14,15,16). The van der Waals surface area contributed by atoms with Gasteiger partial charge in [0.15, 0.2) is 0 Å². The molecule has 0 unspecified atom stereocenters. The largest absolute Gasteiger partial charge is 0.461 e. The van der Waals surface area contributed by atoms with E-state index in [-0.39, 0.29) is 18.7 Å². The molecule has 1 aromatic rings. The Morgan fingerprint density at radius 3 is 2.53 bits per heavy atom. The highest BCUT2D eigenvalue weighted by Gasteiger charge is 2.07. The third kappa shape index (κ3) is 6.16. The van der Waals surface area contributed by atoms with Crippen LogP contribution in [0, 0.1) is 0 Å². The fraction of sp³-hybridized carbons (Fsp3) is 0.727. The quantitative estimate of drug-likeness (QED) is 0.544. The molecule has 0 amide bonds. The number of hydrogen-bond donors (Lipinski definition) is 3. The average molecular weight is 271 g/mol. The molecule has 3 N–H and O–H groups in total. The van der Waals surface area contributed by atoms with Gasteiger partial charge in [-0.2, -0.15) is 15.0 Å². The van der Waals surface area contributed by atoms with Gasteiger partial charge >= 0.3 is 6.01 Å². The van der Waals surface area contributed by atoms with E-state index < -0.39 is 0 Å². The van der Waals surface area contributed by atoms with Gasteiger partial charge in [0, 0.05) is 13.6 Å². The summed E-state index contributed by atoms with van der Waals surface area (Å²) in [5.74, 6) is 0.854. The second kappa shape index (κ2) is 8.44. The van der Waals surface area contributed by atoms with E-state index >= 15 is 0 Å². The van der Waals surface area contributed by atoms with E-state index in [1.165, 1.54) is 0 Å². The molecule has 0 radical (unpaired) electrons. The minimum absolute atomic E-state index is 0.00663. The van der Waals surface area contributed by atoms with E-state index in [9.17, 15) is 0 Å². The van der Waals surface area contributed by atoms with Crippen LogP contribution in [0.2, 0.25) is 0 Å². The molecule has 1 aromatic heterocycles. The molecule has 108 valence electrons. The Labute approximate surface area is 112 Å². The van der Waals surface area contributed by atoms with Crippen LogP contribution in [0.3, 0.4) is 0 Å². The molecule has 1 rings (SSSR count). The summed E-state index contributed by atoms with van der Waals surface area (Å²) in [5.41, 5.74) is 0. The van der Waals surface area contributed by atoms with Gasteiger partial charge in [0.2, 0.25) is 11.9 Å². The van der Waals surface area contributed by atoms with Crippen LogP contribution in [0.4, 0.5) is 11.9 Å². The summed E-state index contributed by atoms with van der Waals surface area (Å²) in [4.78, 5) is 12.4. The van der Waals surface area contributed by atoms with E-state index in [4.69, 9.17) is 14.6 Å². The van der Waals surface area contributed by atoms with Gasteiger partial charge in [-0.25, -0.2) is 0 Å². The van der Waals surface area contributed by atoms with Crippen molar-refractivity contribution in [1.82, 2.24) is 15.0 Å². The number of nitrogens with one attached hydrogen (secondary N) is 2. The predicted octanol–water partition coefficient (Wildman–Crippen LogP) is 0.121. The van der Waals surface area contributed by atoms with Crippen LogP contribution in [0.25, 0.3) is 0 Å². The van der Waals surface area contributed by atoms with Crippen LogP contribution in [-0.2, 0) is 4.74 Å². The summed E-state index contributed by atoms with van der Waals surface area (Å²) in [6, 6.07) is 0.271. The third-order valence-corrected chi connectivity index (χ3v) is 1.94. The summed E-state index contributed by atoms with van der Waals surface area (Å²) >= 11 is 0. The molecular weight excluding hydrogens is 250 g/mol. The lowest BCUT2D eigenvalue weighted by molar-refractivity contribution is 0.0991. The molecule has 0 saturated carbocycles. The maximum Gasteiger partial charge on any atom is 0.323 e. The lowest BCUT2D eigenvalue weighted by Gasteiger charge is -2.11. The molecular formula is C11H21N5O3. The smallest absolute Gasteiger partial charge is 0.323 e. The van der Waals surface area contributed by atoms with Crippen molar-refractivity contribution in [3.63, 3.8) is 0 Å². The fourth-order valence-corrected chi connectivity index (χ4v) is 1.21. The highest BCUT2D eigenvalue weighted by atomic mass is 16.5. The molecule has 0 aliphatic rings. The van der Waals surface area contributed by atoms with Crippen molar-refractivity contribution in [2.75, 3.05) is 44.0 Å². The Balaban J connectivity index is 2.55. The minimum atomic E-state index is -0.00663. The summed E-state index contributed by atoms with van der Waals surface area (Å²) in [6.07, 6.45) is -0.00663. The minimum Gasteiger partial charge on any atom is -0.461 e. The first-order chi connectivity index (χ1) is 9.15. The highest BCUT2D eigenvalue weighted by Crippen LogP contribution is 2.11. The van der Waals surface area contributed by atoms with Crippen LogP contribution >= 0.6 is 0 Å². The van der Waals surface area contributed by atoms with Gasteiger partial charge in [0.1, 0.15) is 0 Å². The summed E-state index contributed by atoms with van der Waals surface area (Å²) < 4.78 is 10.6. The first kappa shape index (κ1) is 15.4. The zero-order valence-electron chi connectivity index (χ0n) is 11.5.